The third-order valence-electron chi connectivity index (χ3n) is 20.5. The highest BCUT2D eigenvalue weighted by atomic mass is 16.8. The number of aliphatic hydroxyl groups excluding tert-OH is 14. The molecule has 22 heteroatoms. The topological polar surface area (TPSA) is 357 Å². The second-order valence-corrected chi connectivity index (χ2v) is 25.3. The molecule has 4 aliphatic carbocycles. The van der Waals surface area contributed by atoms with Gasteiger partial charge in [0, 0.05) is 0 Å². The van der Waals surface area contributed by atoms with Gasteiger partial charge in [0.2, 0.25) is 0 Å². The maximum Gasteiger partial charge on any atom is 0.187 e. The average Bonchev–Trinajstić information content (AvgIpc) is 3.75. The molecule has 0 aromatic carbocycles. The van der Waals surface area contributed by atoms with E-state index in [9.17, 15) is 71.5 Å². The van der Waals surface area contributed by atoms with Crippen LogP contribution in [-0.2, 0) is 37.9 Å². The van der Waals surface area contributed by atoms with Crippen LogP contribution in [0.15, 0.2) is 11.6 Å². The van der Waals surface area contributed by atoms with Crippen molar-refractivity contribution in [2.45, 2.75) is 248 Å². The van der Waals surface area contributed by atoms with Gasteiger partial charge >= 0.3 is 0 Å². The summed E-state index contributed by atoms with van der Waals surface area (Å²) in [7, 11) is 0. The summed E-state index contributed by atoms with van der Waals surface area (Å²) in [5, 5.41) is 151. The normalized spacial score (nSPS) is 52.7. The molecule has 75 heavy (non-hydrogen) atoms. The lowest BCUT2D eigenvalue weighted by Gasteiger charge is -2.71. The van der Waals surface area contributed by atoms with Crippen LogP contribution < -0.4 is 0 Å². The first kappa shape index (κ1) is 60.0. The Morgan fingerprint density at radius 2 is 1.16 bits per heavy atom. The van der Waals surface area contributed by atoms with E-state index in [2.05, 4.69) is 40.7 Å². The monoisotopic (exact) mass is 1080 g/mol. The molecule has 0 amide bonds. The number of hydrogen-bond donors (Lipinski definition) is 14. The van der Waals surface area contributed by atoms with E-state index in [1.54, 1.807) is 0 Å². The van der Waals surface area contributed by atoms with Gasteiger partial charge in [-0.2, -0.15) is 0 Å². The molecule has 22 nitrogen and oxygen atoms in total. The fourth-order valence-corrected chi connectivity index (χ4v) is 16.0. The fourth-order valence-electron chi connectivity index (χ4n) is 16.0. The molecule has 0 aromatic rings. The quantitative estimate of drug-likeness (QED) is 0.0651. The van der Waals surface area contributed by atoms with Crippen molar-refractivity contribution >= 4 is 0 Å². The molecular weight excluding hydrogens is 989 g/mol. The number of aliphatic hydroxyl groups is 14. The van der Waals surface area contributed by atoms with E-state index >= 15 is 0 Å². The Morgan fingerprint density at radius 3 is 1.80 bits per heavy atom. The van der Waals surface area contributed by atoms with Gasteiger partial charge in [-0.3, -0.25) is 0 Å². The standard InChI is InChI=1S/C53H90O22/c1-23(2)10-9-14-53(8,75-47-43(67)39(63)37(61)29(72-47)22-69-45-41(65)34(58)26(57)21-68-45)24-11-16-52(7)33(24)25(56)18-31-50(5)15-13-32(49(3,4)30(50)12-17-51(31,52)6)73-48-44(40(64)36(60)28(20-55)71-48)74-46-42(66)38(62)35(59)27(19-54)70-46/h10,24-48,54-67H,9,11-22H2,1-8H3/t24?,25-,26-,27?,28?,29?,30?,31?,32+,33?,34+,35-,36-,37-,38+,39+,40+,41?,42?,43?,44?,45+,46+,47+,48+,50+,51-,52-,53+/m1/s1. The lowest BCUT2D eigenvalue weighted by Crippen LogP contribution is -2.68. The second-order valence-electron chi connectivity index (χ2n) is 25.3. The number of fused-ring (bicyclic) bond motifs is 5. The van der Waals surface area contributed by atoms with Crippen LogP contribution in [0, 0.1) is 45.3 Å². The Morgan fingerprint density at radius 1 is 0.587 bits per heavy atom. The van der Waals surface area contributed by atoms with Gasteiger partial charge in [-0.05, 0) is 124 Å². The third-order valence-corrected chi connectivity index (χ3v) is 20.5. The fraction of sp³-hybridized carbons (Fsp3) is 0.962. The summed E-state index contributed by atoms with van der Waals surface area (Å²) in [6.45, 7) is 15.1. The van der Waals surface area contributed by atoms with E-state index in [0.717, 1.165) is 24.8 Å². The molecule has 0 radical (unpaired) electrons. The molecule has 0 bridgehead atoms. The summed E-state index contributed by atoms with van der Waals surface area (Å²) >= 11 is 0. The molecule has 8 rings (SSSR count). The van der Waals surface area contributed by atoms with Gasteiger partial charge < -0.3 is 109 Å². The van der Waals surface area contributed by atoms with Gasteiger partial charge in [0.1, 0.15) is 91.6 Å². The Hall–Kier alpha value is -1.14. The lowest BCUT2D eigenvalue weighted by molar-refractivity contribution is -0.378. The van der Waals surface area contributed by atoms with E-state index in [1.165, 1.54) is 0 Å². The SMILES string of the molecule is CC(C)=CCC[C@](C)(O[C@@H]1OC(CO[C@@H]2OC[C@@H](O)[C@H](O)C2O)[C@@H](O)[C@H](O)C1O)C1CC[C@]2(C)C1[C@H](O)CC1[C@@]3(C)CC[C@H](O[C@@H]4OC(CO)[C@@H](O)[C@H](O)C4O[C@@H]4OC(CO)[C@@H](O)[C@H](O)C4O)C(C)(C)C3CC[C@]12C. The van der Waals surface area contributed by atoms with Crippen molar-refractivity contribution in [2.24, 2.45) is 45.3 Å². The van der Waals surface area contributed by atoms with Gasteiger partial charge in [0.25, 0.3) is 0 Å². The minimum Gasteiger partial charge on any atom is -0.394 e. The maximum atomic E-state index is 12.8. The van der Waals surface area contributed by atoms with Gasteiger partial charge in [-0.1, -0.05) is 46.3 Å². The van der Waals surface area contributed by atoms with E-state index in [1.807, 2.05) is 20.8 Å². The van der Waals surface area contributed by atoms with E-state index in [0.29, 0.717) is 38.5 Å². The first-order chi connectivity index (χ1) is 35.1. The van der Waals surface area contributed by atoms with Crippen molar-refractivity contribution in [3.8, 4) is 0 Å². The summed E-state index contributed by atoms with van der Waals surface area (Å²) in [4.78, 5) is 0. The minimum absolute atomic E-state index is 0.0508. The Kier molecular flexibility index (Phi) is 18.1. The zero-order valence-electron chi connectivity index (χ0n) is 44.7. The number of rotatable bonds is 15. The van der Waals surface area contributed by atoms with Gasteiger partial charge in [0.15, 0.2) is 25.2 Å². The van der Waals surface area contributed by atoms with Crippen LogP contribution in [0.5, 0.6) is 0 Å². The smallest absolute Gasteiger partial charge is 0.187 e. The largest absolute Gasteiger partial charge is 0.394 e. The highest BCUT2D eigenvalue weighted by Crippen LogP contribution is 2.76. The maximum absolute atomic E-state index is 12.8. The van der Waals surface area contributed by atoms with Crippen LogP contribution in [0.2, 0.25) is 0 Å². The van der Waals surface area contributed by atoms with Crippen LogP contribution in [0.4, 0.5) is 0 Å². The van der Waals surface area contributed by atoms with E-state index in [4.69, 9.17) is 37.9 Å². The first-order valence-corrected chi connectivity index (χ1v) is 27.3. The molecule has 0 spiro atoms. The van der Waals surface area contributed by atoms with E-state index in [-0.39, 0.29) is 41.1 Å². The molecule has 29 atom stereocenters. The molecule has 4 heterocycles. The molecule has 434 valence electrons. The molecule has 11 unspecified atom stereocenters. The van der Waals surface area contributed by atoms with Crippen molar-refractivity contribution in [3.05, 3.63) is 11.6 Å². The van der Waals surface area contributed by atoms with Gasteiger partial charge in [-0.15, -0.1) is 0 Å². The van der Waals surface area contributed by atoms with Crippen molar-refractivity contribution in [2.75, 3.05) is 26.4 Å². The number of ether oxygens (including phenoxy) is 8. The minimum atomic E-state index is -1.81. The summed E-state index contributed by atoms with van der Waals surface area (Å²) in [6, 6.07) is 0. The molecular formula is C53H90O22. The van der Waals surface area contributed by atoms with Crippen LogP contribution in [0.1, 0.15) is 113 Å². The van der Waals surface area contributed by atoms with Crippen LogP contribution in [0.3, 0.4) is 0 Å². The van der Waals surface area contributed by atoms with Crippen LogP contribution in [-0.4, -0.2) is 232 Å². The van der Waals surface area contributed by atoms with Crippen molar-refractivity contribution in [1.82, 2.24) is 0 Å². The second kappa shape index (κ2) is 22.7. The predicted octanol–water partition coefficient (Wildman–Crippen LogP) is -1.56. The van der Waals surface area contributed by atoms with Crippen molar-refractivity contribution in [3.63, 3.8) is 0 Å². The lowest BCUT2D eigenvalue weighted by atomic mass is 9.35. The van der Waals surface area contributed by atoms with Crippen molar-refractivity contribution < 1.29 is 109 Å². The first-order valence-electron chi connectivity index (χ1n) is 27.3. The summed E-state index contributed by atoms with van der Waals surface area (Å²) < 4.78 is 48.8. The third kappa shape index (κ3) is 10.6. The van der Waals surface area contributed by atoms with Crippen molar-refractivity contribution in [1.29, 1.82) is 0 Å². The molecule has 8 aliphatic rings. The summed E-state index contributed by atoms with van der Waals surface area (Å²) in [6.07, 6.45) is -22.6. The Labute approximate surface area is 439 Å². The van der Waals surface area contributed by atoms with E-state index < -0.39 is 165 Å². The summed E-state index contributed by atoms with van der Waals surface area (Å²) in [5.74, 6) is -0.395. The zero-order valence-corrected chi connectivity index (χ0v) is 44.7. The van der Waals surface area contributed by atoms with Crippen LogP contribution >= 0.6 is 0 Å². The molecule has 4 saturated heterocycles. The highest BCUT2D eigenvalue weighted by molar-refractivity contribution is 5.20. The Balaban J connectivity index is 1.01. The molecule has 14 N–H and O–H groups in total. The highest BCUT2D eigenvalue weighted by Gasteiger charge is 2.72. The zero-order chi connectivity index (χ0) is 55.1. The summed E-state index contributed by atoms with van der Waals surface area (Å²) in [5.41, 5.74) is -1.48. The van der Waals surface area contributed by atoms with Gasteiger partial charge in [-0.25, -0.2) is 0 Å². The molecule has 4 saturated carbocycles. The van der Waals surface area contributed by atoms with Gasteiger partial charge in [0.05, 0.1) is 44.2 Å². The average molecular weight is 1080 g/mol. The number of hydrogen-bond acceptors (Lipinski definition) is 22. The number of allylic oxidation sites excluding steroid dienone is 2. The predicted molar refractivity (Wildman–Crippen MR) is 260 cm³/mol. The molecule has 8 fully saturated rings. The Bertz CT molecular complexity index is 1940. The molecule has 4 aliphatic heterocycles. The van der Waals surface area contributed by atoms with Crippen LogP contribution in [0.25, 0.3) is 0 Å². The molecule has 0 aromatic heterocycles.